The van der Waals surface area contributed by atoms with E-state index in [1.807, 2.05) is 0 Å². The van der Waals surface area contributed by atoms with Crippen molar-refractivity contribution in [2.75, 3.05) is 7.11 Å². The predicted molar refractivity (Wildman–Crippen MR) is 49.9 cm³/mol. The molecule has 0 fully saturated rings. The van der Waals surface area contributed by atoms with Crippen LogP contribution in [0.15, 0.2) is 10.7 Å². The summed E-state index contributed by atoms with van der Waals surface area (Å²) in [7, 11) is 1.08. The molecule has 82 valence electrons. The molecule has 0 atom stereocenters. The van der Waals surface area contributed by atoms with Crippen molar-refractivity contribution in [1.82, 2.24) is 4.98 Å². The van der Waals surface area contributed by atoms with Crippen LogP contribution >= 0.6 is 15.9 Å². The summed E-state index contributed by atoms with van der Waals surface area (Å²) in [4.78, 5) is 14.4. The van der Waals surface area contributed by atoms with Crippen LogP contribution in [0.5, 0.6) is 5.75 Å². The highest BCUT2D eigenvalue weighted by Crippen LogP contribution is 2.31. The summed E-state index contributed by atoms with van der Waals surface area (Å²) in [5.41, 5.74) is -1.21. The molecule has 0 spiro atoms. The van der Waals surface area contributed by atoms with Gasteiger partial charge in [0.25, 0.3) is 6.43 Å². The van der Waals surface area contributed by atoms with Crippen molar-refractivity contribution in [3.63, 3.8) is 0 Å². The van der Waals surface area contributed by atoms with Crippen LogP contribution in [0.3, 0.4) is 0 Å². The van der Waals surface area contributed by atoms with Gasteiger partial charge in [0.2, 0.25) is 0 Å². The highest BCUT2D eigenvalue weighted by atomic mass is 79.9. The number of rotatable bonds is 2. The number of halogens is 3. The van der Waals surface area contributed by atoms with E-state index < -0.39 is 23.8 Å². The van der Waals surface area contributed by atoms with Crippen molar-refractivity contribution in [1.29, 1.82) is 0 Å². The number of carbonyl (C=O) groups is 1. The average Bonchev–Trinajstić information content (AvgIpc) is 2.19. The zero-order valence-electron chi connectivity index (χ0n) is 7.50. The zero-order chi connectivity index (χ0) is 11.6. The van der Waals surface area contributed by atoms with E-state index in [9.17, 15) is 18.7 Å². The maximum atomic E-state index is 12.4. The molecule has 0 bridgehead atoms. The lowest BCUT2D eigenvalue weighted by atomic mass is 10.2. The zero-order valence-corrected chi connectivity index (χ0v) is 9.09. The van der Waals surface area contributed by atoms with Crippen LogP contribution in [-0.4, -0.2) is 23.2 Å². The lowest BCUT2D eigenvalue weighted by Gasteiger charge is -2.07. The van der Waals surface area contributed by atoms with Gasteiger partial charge in [0.05, 0.1) is 7.11 Å². The van der Waals surface area contributed by atoms with E-state index in [0.29, 0.717) is 0 Å². The number of aromatic hydroxyl groups is 1. The van der Waals surface area contributed by atoms with Gasteiger partial charge in [-0.1, -0.05) is 0 Å². The number of nitrogens with zero attached hydrogens (tertiary/aromatic N) is 1. The summed E-state index contributed by atoms with van der Waals surface area (Å²) in [6, 6.07) is 1.10. The molecule has 15 heavy (non-hydrogen) atoms. The number of hydrogen-bond donors (Lipinski definition) is 1. The Labute approximate surface area is 92.0 Å². The molecule has 1 rings (SSSR count). The Morgan fingerprint density at radius 1 is 1.67 bits per heavy atom. The van der Waals surface area contributed by atoms with E-state index in [1.54, 1.807) is 0 Å². The third-order valence-electron chi connectivity index (χ3n) is 1.60. The maximum absolute atomic E-state index is 12.4. The van der Waals surface area contributed by atoms with Gasteiger partial charge in [-0.25, -0.2) is 18.6 Å². The number of aromatic nitrogens is 1. The van der Waals surface area contributed by atoms with E-state index in [1.165, 1.54) is 0 Å². The first-order valence-electron chi connectivity index (χ1n) is 3.73. The Kier molecular flexibility index (Phi) is 3.57. The minimum Gasteiger partial charge on any atom is -0.505 e. The SMILES string of the molecule is COC(=O)c1cc(Br)nc(C(F)F)c1O. The number of pyridine rings is 1. The van der Waals surface area contributed by atoms with Gasteiger partial charge in [0.15, 0.2) is 11.4 Å². The van der Waals surface area contributed by atoms with Crippen LogP contribution in [0.1, 0.15) is 22.5 Å². The molecule has 0 amide bonds. The number of methoxy groups -OCH3 is 1. The Bertz CT molecular complexity index is 398. The Balaban J connectivity index is 3.34. The van der Waals surface area contributed by atoms with Crippen LogP contribution in [-0.2, 0) is 4.74 Å². The summed E-state index contributed by atoms with van der Waals surface area (Å²) in [5.74, 6) is -1.77. The topological polar surface area (TPSA) is 59.4 Å². The summed E-state index contributed by atoms with van der Waals surface area (Å²) >= 11 is 2.85. The molecule has 0 aliphatic carbocycles. The Morgan fingerprint density at radius 2 is 2.27 bits per heavy atom. The number of ether oxygens (including phenoxy) is 1. The lowest BCUT2D eigenvalue weighted by Crippen LogP contribution is -2.05. The fourth-order valence-electron chi connectivity index (χ4n) is 0.943. The fraction of sp³-hybridized carbons (Fsp3) is 0.250. The predicted octanol–water partition coefficient (Wildman–Crippen LogP) is 2.27. The summed E-state index contributed by atoms with van der Waals surface area (Å²) in [6.45, 7) is 0. The average molecular weight is 282 g/mol. The van der Waals surface area contributed by atoms with Crippen molar-refractivity contribution in [2.24, 2.45) is 0 Å². The quantitative estimate of drug-likeness (QED) is 0.667. The molecular weight excluding hydrogens is 276 g/mol. The minimum atomic E-state index is -2.97. The Morgan fingerprint density at radius 3 is 2.73 bits per heavy atom. The molecule has 0 aliphatic heterocycles. The van der Waals surface area contributed by atoms with Crippen LogP contribution in [0.4, 0.5) is 8.78 Å². The highest BCUT2D eigenvalue weighted by Gasteiger charge is 2.22. The number of esters is 1. The van der Waals surface area contributed by atoms with Gasteiger partial charge in [-0.05, 0) is 22.0 Å². The van der Waals surface area contributed by atoms with Gasteiger partial charge in [-0.3, -0.25) is 0 Å². The van der Waals surface area contributed by atoms with Gasteiger partial charge in [-0.15, -0.1) is 0 Å². The molecular formula is C8H6BrF2NO3. The van der Waals surface area contributed by atoms with Crippen LogP contribution in [0, 0.1) is 0 Å². The molecule has 0 aromatic carbocycles. The first-order chi connectivity index (χ1) is 6.97. The monoisotopic (exact) mass is 281 g/mol. The number of carbonyl (C=O) groups excluding carboxylic acids is 1. The second kappa shape index (κ2) is 4.52. The van der Waals surface area contributed by atoms with E-state index in [2.05, 4.69) is 25.7 Å². The highest BCUT2D eigenvalue weighted by molar-refractivity contribution is 9.10. The third-order valence-corrected chi connectivity index (χ3v) is 2.01. The molecule has 0 aliphatic rings. The van der Waals surface area contributed by atoms with E-state index in [-0.39, 0.29) is 10.2 Å². The van der Waals surface area contributed by atoms with E-state index >= 15 is 0 Å². The molecule has 0 radical (unpaired) electrons. The maximum Gasteiger partial charge on any atom is 0.341 e. The molecule has 0 saturated heterocycles. The van der Waals surface area contributed by atoms with E-state index in [0.717, 1.165) is 13.2 Å². The van der Waals surface area contributed by atoms with Crippen molar-refractivity contribution >= 4 is 21.9 Å². The van der Waals surface area contributed by atoms with E-state index in [4.69, 9.17) is 0 Å². The van der Waals surface area contributed by atoms with Crippen molar-refractivity contribution in [2.45, 2.75) is 6.43 Å². The largest absolute Gasteiger partial charge is 0.505 e. The first kappa shape index (κ1) is 11.8. The molecule has 0 saturated carbocycles. The number of hydrogen-bond acceptors (Lipinski definition) is 4. The molecule has 4 nitrogen and oxygen atoms in total. The standard InChI is InChI=1S/C8H6BrF2NO3/c1-15-8(14)3-2-4(9)12-5(6(3)13)7(10)11/h2,7,13H,1H3. The van der Waals surface area contributed by atoms with Crippen molar-refractivity contribution in [3.05, 3.63) is 21.9 Å². The number of alkyl halides is 2. The van der Waals surface area contributed by atoms with Gasteiger partial charge < -0.3 is 9.84 Å². The van der Waals surface area contributed by atoms with Gasteiger partial charge in [-0.2, -0.15) is 0 Å². The van der Waals surface area contributed by atoms with Crippen molar-refractivity contribution < 1.29 is 23.4 Å². The normalized spacial score (nSPS) is 10.5. The van der Waals surface area contributed by atoms with Gasteiger partial charge in [0, 0.05) is 0 Å². The second-order valence-electron chi connectivity index (χ2n) is 2.52. The summed E-state index contributed by atoms with van der Waals surface area (Å²) in [6.07, 6.45) is -2.97. The smallest absolute Gasteiger partial charge is 0.341 e. The van der Waals surface area contributed by atoms with Gasteiger partial charge in [0.1, 0.15) is 10.2 Å². The van der Waals surface area contributed by atoms with Crippen LogP contribution in [0.2, 0.25) is 0 Å². The molecule has 1 heterocycles. The minimum absolute atomic E-state index is 0.0241. The van der Waals surface area contributed by atoms with Crippen LogP contribution in [0.25, 0.3) is 0 Å². The summed E-state index contributed by atoms with van der Waals surface area (Å²) in [5, 5.41) is 9.32. The fourth-order valence-corrected chi connectivity index (χ4v) is 1.36. The first-order valence-corrected chi connectivity index (χ1v) is 4.52. The van der Waals surface area contributed by atoms with Crippen molar-refractivity contribution in [3.8, 4) is 5.75 Å². The molecule has 7 heteroatoms. The summed E-state index contributed by atoms with van der Waals surface area (Å²) < 4.78 is 29.1. The second-order valence-corrected chi connectivity index (χ2v) is 3.33. The van der Waals surface area contributed by atoms with Crippen LogP contribution < -0.4 is 0 Å². The van der Waals surface area contributed by atoms with Gasteiger partial charge >= 0.3 is 5.97 Å². The molecule has 0 unspecified atom stereocenters. The lowest BCUT2D eigenvalue weighted by molar-refractivity contribution is 0.0596. The molecule has 1 N–H and O–H groups in total. The molecule has 1 aromatic rings. The third kappa shape index (κ3) is 2.41. The molecule has 1 aromatic heterocycles. The Hall–Kier alpha value is -1.24.